The quantitative estimate of drug-likeness (QED) is 0.369. The lowest BCUT2D eigenvalue weighted by atomic mass is 10.1. The van der Waals surface area contributed by atoms with E-state index >= 15 is 0 Å². The first-order chi connectivity index (χ1) is 14.9. The molecule has 1 heterocycles. The zero-order chi connectivity index (χ0) is 23.5. The maximum absolute atomic E-state index is 13.6. The van der Waals surface area contributed by atoms with E-state index in [1.165, 1.54) is 12.1 Å². The molecule has 32 heavy (non-hydrogen) atoms. The molecule has 2 unspecified atom stereocenters. The topological polar surface area (TPSA) is 66.0 Å². The SMILES string of the molecule is O=C(CC(F)(F)F)NNc1nccc(NCCC2CC2c2ccc(F)cc2)c1C(F)(F)F. The van der Waals surface area contributed by atoms with E-state index < -0.39 is 36.1 Å². The number of carbonyl (C=O) groups is 1. The summed E-state index contributed by atoms with van der Waals surface area (Å²) in [6.07, 6.45) is -9.10. The zero-order valence-corrected chi connectivity index (χ0v) is 16.4. The van der Waals surface area contributed by atoms with Gasteiger partial charge in [0.1, 0.15) is 17.8 Å². The summed E-state index contributed by atoms with van der Waals surface area (Å²) < 4.78 is 90.4. The molecule has 174 valence electrons. The van der Waals surface area contributed by atoms with Crippen molar-refractivity contribution in [1.82, 2.24) is 10.4 Å². The van der Waals surface area contributed by atoms with Crippen molar-refractivity contribution in [2.24, 2.45) is 5.92 Å². The van der Waals surface area contributed by atoms with Crippen molar-refractivity contribution in [3.8, 4) is 0 Å². The summed E-state index contributed by atoms with van der Waals surface area (Å²) >= 11 is 0. The number of rotatable bonds is 8. The Balaban J connectivity index is 1.60. The summed E-state index contributed by atoms with van der Waals surface area (Å²) in [6.45, 7) is 0.204. The molecule has 3 rings (SSSR count). The molecule has 0 radical (unpaired) electrons. The molecule has 2 atom stereocenters. The highest BCUT2D eigenvalue weighted by Crippen LogP contribution is 2.49. The fourth-order valence-corrected chi connectivity index (χ4v) is 3.42. The molecule has 1 aliphatic rings. The number of hydrogen-bond donors (Lipinski definition) is 3. The molecule has 1 saturated carbocycles. The number of halogens is 7. The minimum absolute atomic E-state index is 0.204. The van der Waals surface area contributed by atoms with E-state index in [0.29, 0.717) is 6.42 Å². The molecule has 2 aromatic rings. The Morgan fingerprint density at radius 2 is 1.75 bits per heavy atom. The summed E-state index contributed by atoms with van der Waals surface area (Å²) in [7, 11) is 0. The van der Waals surface area contributed by atoms with Gasteiger partial charge in [0.2, 0.25) is 5.91 Å². The Bertz CT molecular complexity index is 944. The molecular formula is C20H19F7N4O. The van der Waals surface area contributed by atoms with Gasteiger partial charge in [-0.3, -0.25) is 15.6 Å². The van der Waals surface area contributed by atoms with E-state index in [-0.39, 0.29) is 29.9 Å². The summed E-state index contributed by atoms with van der Waals surface area (Å²) in [4.78, 5) is 14.8. The Morgan fingerprint density at radius 1 is 1.06 bits per heavy atom. The van der Waals surface area contributed by atoms with E-state index in [4.69, 9.17) is 0 Å². The maximum atomic E-state index is 13.6. The van der Waals surface area contributed by atoms with E-state index in [1.54, 1.807) is 17.6 Å². The van der Waals surface area contributed by atoms with E-state index in [2.05, 4.69) is 10.3 Å². The van der Waals surface area contributed by atoms with Crippen LogP contribution in [0, 0.1) is 11.7 Å². The molecule has 1 amide bonds. The number of anilines is 2. The second-order valence-electron chi connectivity index (χ2n) is 7.41. The average Bonchev–Trinajstić information content (AvgIpc) is 3.44. The second kappa shape index (κ2) is 9.21. The molecule has 1 aromatic heterocycles. The highest BCUT2D eigenvalue weighted by Gasteiger charge is 2.39. The van der Waals surface area contributed by atoms with Crippen LogP contribution in [0.5, 0.6) is 0 Å². The number of benzene rings is 1. The Kier molecular flexibility index (Phi) is 6.79. The van der Waals surface area contributed by atoms with Crippen LogP contribution in [0.1, 0.15) is 36.3 Å². The van der Waals surface area contributed by atoms with Gasteiger partial charge in [0.15, 0.2) is 5.82 Å². The lowest BCUT2D eigenvalue weighted by molar-refractivity contribution is -0.153. The molecule has 1 aromatic carbocycles. The van der Waals surface area contributed by atoms with Gasteiger partial charge in [-0.25, -0.2) is 9.37 Å². The smallest absolute Gasteiger partial charge is 0.384 e. The van der Waals surface area contributed by atoms with E-state index in [1.807, 2.05) is 5.43 Å². The molecule has 0 spiro atoms. The van der Waals surface area contributed by atoms with Gasteiger partial charge in [-0.1, -0.05) is 12.1 Å². The van der Waals surface area contributed by atoms with Gasteiger partial charge in [0.25, 0.3) is 0 Å². The monoisotopic (exact) mass is 464 g/mol. The van der Waals surface area contributed by atoms with Crippen LogP contribution in [0.2, 0.25) is 0 Å². The molecule has 0 aliphatic heterocycles. The minimum atomic E-state index is -4.89. The number of pyridine rings is 1. The number of amides is 1. The predicted molar refractivity (Wildman–Crippen MR) is 102 cm³/mol. The molecule has 1 aliphatic carbocycles. The highest BCUT2D eigenvalue weighted by molar-refractivity contribution is 5.78. The highest BCUT2D eigenvalue weighted by atomic mass is 19.4. The van der Waals surface area contributed by atoms with Crippen molar-refractivity contribution in [2.45, 2.75) is 37.5 Å². The van der Waals surface area contributed by atoms with E-state index in [9.17, 15) is 35.5 Å². The van der Waals surface area contributed by atoms with Crippen LogP contribution in [-0.4, -0.2) is 23.6 Å². The first kappa shape index (κ1) is 23.6. The fourth-order valence-electron chi connectivity index (χ4n) is 3.42. The largest absolute Gasteiger partial charge is 0.422 e. The fraction of sp³-hybridized carbons (Fsp3) is 0.400. The molecular weight excluding hydrogens is 445 g/mol. The van der Waals surface area contributed by atoms with Crippen molar-refractivity contribution in [2.75, 3.05) is 17.3 Å². The number of hydrogen-bond acceptors (Lipinski definition) is 4. The number of nitrogens with zero attached hydrogens (tertiary/aromatic N) is 1. The zero-order valence-electron chi connectivity index (χ0n) is 16.4. The maximum Gasteiger partial charge on any atom is 0.422 e. The average molecular weight is 464 g/mol. The number of alkyl halides is 6. The molecule has 12 heteroatoms. The molecule has 5 nitrogen and oxygen atoms in total. The Morgan fingerprint density at radius 3 is 2.38 bits per heavy atom. The number of aromatic nitrogens is 1. The van der Waals surface area contributed by atoms with Crippen LogP contribution in [0.3, 0.4) is 0 Å². The summed E-state index contributed by atoms with van der Waals surface area (Å²) in [6, 6.07) is 7.18. The number of carbonyl (C=O) groups excluding carboxylic acids is 1. The van der Waals surface area contributed by atoms with Gasteiger partial charge in [0, 0.05) is 12.7 Å². The third-order valence-corrected chi connectivity index (χ3v) is 4.97. The molecule has 1 fully saturated rings. The van der Waals surface area contributed by atoms with Crippen LogP contribution < -0.4 is 16.2 Å². The lowest BCUT2D eigenvalue weighted by Gasteiger charge is -2.19. The van der Waals surface area contributed by atoms with Crippen LogP contribution in [0.15, 0.2) is 36.5 Å². The third-order valence-electron chi connectivity index (χ3n) is 4.97. The summed E-state index contributed by atoms with van der Waals surface area (Å²) in [5, 5.41) is 2.69. The summed E-state index contributed by atoms with van der Waals surface area (Å²) in [5.74, 6) is -2.26. The number of nitrogens with one attached hydrogen (secondary N) is 3. The van der Waals surface area contributed by atoms with Crippen molar-refractivity contribution < 1.29 is 35.5 Å². The van der Waals surface area contributed by atoms with Gasteiger partial charge in [-0.2, -0.15) is 26.3 Å². The first-order valence-electron chi connectivity index (χ1n) is 9.61. The van der Waals surface area contributed by atoms with Crippen molar-refractivity contribution >= 4 is 17.4 Å². The normalized spacial score (nSPS) is 18.2. The Labute approximate surface area is 178 Å². The Hall–Kier alpha value is -3.05. The van der Waals surface area contributed by atoms with Crippen LogP contribution in [-0.2, 0) is 11.0 Å². The van der Waals surface area contributed by atoms with Crippen LogP contribution in [0.4, 0.5) is 42.2 Å². The number of hydrazine groups is 1. The van der Waals surface area contributed by atoms with Gasteiger partial charge in [-0.05, 0) is 48.4 Å². The van der Waals surface area contributed by atoms with Crippen molar-refractivity contribution in [3.63, 3.8) is 0 Å². The van der Waals surface area contributed by atoms with Crippen LogP contribution in [0.25, 0.3) is 0 Å². The minimum Gasteiger partial charge on any atom is -0.384 e. The molecule has 3 N–H and O–H groups in total. The molecule has 0 saturated heterocycles. The van der Waals surface area contributed by atoms with Gasteiger partial charge in [0.05, 0.1) is 5.69 Å². The third kappa shape index (κ3) is 6.47. The first-order valence-corrected chi connectivity index (χ1v) is 9.61. The molecule has 0 bridgehead atoms. The van der Waals surface area contributed by atoms with Gasteiger partial charge >= 0.3 is 12.4 Å². The van der Waals surface area contributed by atoms with Gasteiger partial charge in [-0.15, -0.1) is 0 Å². The van der Waals surface area contributed by atoms with Crippen molar-refractivity contribution in [1.29, 1.82) is 0 Å². The second-order valence-corrected chi connectivity index (χ2v) is 7.41. The summed E-state index contributed by atoms with van der Waals surface area (Å²) in [5.41, 5.74) is 2.82. The predicted octanol–water partition coefficient (Wildman–Crippen LogP) is 5.24. The van der Waals surface area contributed by atoms with Crippen molar-refractivity contribution in [3.05, 3.63) is 53.5 Å². The van der Waals surface area contributed by atoms with Crippen LogP contribution >= 0.6 is 0 Å². The lowest BCUT2D eigenvalue weighted by Crippen LogP contribution is -2.34. The van der Waals surface area contributed by atoms with E-state index in [0.717, 1.165) is 24.2 Å². The van der Waals surface area contributed by atoms with Gasteiger partial charge < -0.3 is 5.32 Å². The standard InChI is InChI=1S/C20H19F7N4O/c21-13-3-1-11(2-4-13)14-9-12(14)5-7-28-15-6-8-29-18(17(15)20(25,26)27)31-30-16(32)10-19(22,23)24/h1-4,6,8,12,14H,5,7,9-10H2,(H,30,32)(H2,28,29,31).